The maximum Gasteiger partial charge on any atom is 0.305 e. The maximum absolute atomic E-state index is 12.8. The molecule has 8 aliphatic rings. The van der Waals surface area contributed by atoms with E-state index in [1.165, 1.54) is 11.1 Å². The summed E-state index contributed by atoms with van der Waals surface area (Å²) in [5.41, 5.74) is 13.8. The van der Waals surface area contributed by atoms with Crippen LogP contribution in [-0.2, 0) is 54.2 Å². The van der Waals surface area contributed by atoms with E-state index in [-0.39, 0.29) is 94.3 Å². The third kappa shape index (κ3) is 10.2. The molecule has 464 valence electrons. The number of ether oxygens (including phenoxy) is 11. The van der Waals surface area contributed by atoms with E-state index in [9.17, 15) is 25.2 Å². The van der Waals surface area contributed by atoms with Gasteiger partial charge in [-0.2, -0.15) is 10.5 Å². The van der Waals surface area contributed by atoms with Crippen LogP contribution >= 0.6 is 0 Å². The number of piperazine rings is 2. The SMILES string of the molecule is C=CCOc1c(C)c2c(c3c1CC1[C@H]4c5c(cc(C)c(C)c5OCOC)C[C@@H]([C@H](C#N)N1[C@H]3COC(=O)CCC)N4C)OCO2.CCCC(=O)OC[C@H]1c2c(c(O)c(C)c3c2OCO3)CC2[C@H]3c4c(cc(C)c(C)c4OCOC)C[C@@H]([C@H](C#N)N21)N3C. The molecule has 4 aromatic carbocycles. The van der Waals surface area contributed by atoms with E-state index in [1.807, 2.05) is 27.7 Å². The molecule has 20 nitrogen and oxygen atoms in total. The second kappa shape index (κ2) is 25.1. The topological polar surface area (TPSA) is 216 Å². The fourth-order valence-corrected chi connectivity index (χ4v) is 15.5. The minimum Gasteiger partial charge on any atom is -0.507 e. The molecule has 8 heterocycles. The van der Waals surface area contributed by atoms with Crippen molar-refractivity contribution >= 4 is 11.9 Å². The Morgan fingerprint density at radius 2 is 1.05 bits per heavy atom. The monoisotopic (exact) mass is 1190 g/mol. The lowest BCUT2D eigenvalue weighted by Gasteiger charge is -2.60. The number of rotatable bonds is 17. The summed E-state index contributed by atoms with van der Waals surface area (Å²) in [5.74, 6) is 4.30. The van der Waals surface area contributed by atoms with Crippen molar-refractivity contribution in [3.8, 4) is 58.1 Å². The summed E-state index contributed by atoms with van der Waals surface area (Å²) >= 11 is 0. The number of phenols is 1. The zero-order chi connectivity index (χ0) is 61.9. The number of aromatic hydroxyl groups is 1. The maximum atomic E-state index is 12.8. The Bertz CT molecular complexity index is 3460. The van der Waals surface area contributed by atoms with Crippen LogP contribution in [0.5, 0.6) is 46.0 Å². The van der Waals surface area contributed by atoms with E-state index in [0.29, 0.717) is 86.5 Å². The van der Waals surface area contributed by atoms with Gasteiger partial charge in [-0.1, -0.05) is 38.6 Å². The molecule has 10 atom stereocenters. The zero-order valence-corrected chi connectivity index (χ0v) is 52.3. The fourth-order valence-electron chi connectivity index (χ4n) is 15.5. The lowest BCUT2D eigenvalue weighted by atomic mass is 9.71. The first-order chi connectivity index (χ1) is 42.0. The third-order valence-corrected chi connectivity index (χ3v) is 19.5. The Hall–Kier alpha value is -7.30. The van der Waals surface area contributed by atoms with Gasteiger partial charge in [0.25, 0.3) is 0 Å². The molecule has 12 rings (SSSR count). The summed E-state index contributed by atoms with van der Waals surface area (Å²) in [6, 6.07) is 6.95. The van der Waals surface area contributed by atoms with Crippen LogP contribution in [0.25, 0.3) is 0 Å². The van der Waals surface area contributed by atoms with Crippen molar-refractivity contribution < 1.29 is 66.8 Å². The van der Waals surface area contributed by atoms with Gasteiger partial charge < -0.3 is 57.2 Å². The van der Waals surface area contributed by atoms with E-state index in [0.717, 1.165) is 78.4 Å². The Morgan fingerprint density at radius 1 is 0.609 bits per heavy atom. The summed E-state index contributed by atoms with van der Waals surface area (Å²) in [4.78, 5) is 34.6. The molecule has 20 heteroatoms. The molecule has 0 amide bonds. The van der Waals surface area contributed by atoms with Gasteiger partial charge in [0, 0.05) is 95.7 Å². The van der Waals surface area contributed by atoms with E-state index in [1.54, 1.807) is 20.3 Å². The molecule has 4 bridgehead atoms. The van der Waals surface area contributed by atoms with Gasteiger partial charge in [-0.15, -0.1) is 0 Å². The quantitative estimate of drug-likeness (QED) is 0.0592. The smallest absolute Gasteiger partial charge is 0.305 e. The van der Waals surface area contributed by atoms with Crippen LogP contribution < -0.4 is 33.2 Å². The van der Waals surface area contributed by atoms with Gasteiger partial charge in [-0.3, -0.25) is 29.2 Å². The van der Waals surface area contributed by atoms with Crippen molar-refractivity contribution in [3.63, 3.8) is 0 Å². The summed E-state index contributed by atoms with van der Waals surface area (Å²) in [7, 11) is 7.42. The molecule has 0 aliphatic carbocycles. The summed E-state index contributed by atoms with van der Waals surface area (Å²) < 4.78 is 65.3. The van der Waals surface area contributed by atoms with Crippen LogP contribution in [0.1, 0.15) is 142 Å². The van der Waals surface area contributed by atoms with Crippen molar-refractivity contribution in [3.05, 3.63) is 103 Å². The predicted octanol–water partition coefficient (Wildman–Crippen LogP) is 9.15. The highest BCUT2D eigenvalue weighted by molar-refractivity contribution is 5.71. The van der Waals surface area contributed by atoms with Crippen LogP contribution in [0.15, 0.2) is 24.8 Å². The zero-order valence-electron chi connectivity index (χ0n) is 52.3. The highest BCUT2D eigenvalue weighted by Gasteiger charge is 2.59. The summed E-state index contributed by atoms with van der Waals surface area (Å²) in [6.07, 6.45) is 6.11. The van der Waals surface area contributed by atoms with E-state index in [4.69, 9.17) is 52.1 Å². The number of esters is 2. The predicted molar refractivity (Wildman–Crippen MR) is 319 cm³/mol. The number of carbonyl (C=O) groups is 2. The van der Waals surface area contributed by atoms with E-state index >= 15 is 0 Å². The molecular formula is C67H82N6O14. The van der Waals surface area contributed by atoms with Gasteiger partial charge >= 0.3 is 11.9 Å². The number of likely N-dealkylation sites (N-methyl/N-ethyl adjacent to an activating group) is 2. The number of aryl methyl sites for hydroxylation is 2. The molecule has 1 N–H and O–H groups in total. The highest BCUT2D eigenvalue weighted by atomic mass is 16.7. The summed E-state index contributed by atoms with van der Waals surface area (Å²) in [6.45, 7) is 20.7. The molecule has 0 aromatic heterocycles. The van der Waals surface area contributed by atoms with Crippen LogP contribution in [-0.4, -0.2) is 148 Å². The number of fused-ring (bicyclic) bond motifs is 18. The molecule has 2 fully saturated rings. The largest absolute Gasteiger partial charge is 0.507 e. The van der Waals surface area contributed by atoms with E-state index in [2.05, 4.69) is 92.2 Å². The molecule has 0 radical (unpaired) electrons. The van der Waals surface area contributed by atoms with Crippen LogP contribution in [0, 0.1) is 64.2 Å². The fraction of sp³-hybridized carbons (Fsp3) is 0.552. The summed E-state index contributed by atoms with van der Waals surface area (Å²) in [5, 5.41) is 33.1. The molecule has 8 aliphatic heterocycles. The van der Waals surface area contributed by atoms with Crippen molar-refractivity contribution in [2.75, 3.05) is 75.3 Å². The van der Waals surface area contributed by atoms with Gasteiger partial charge in [0.1, 0.15) is 54.9 Å². The lowest BCUT2D eigenvalue weighted by molar-refractivity contribution is -0.150. The van der Waals surface area contributed by atoms with Gasteiger partial charge in [0.15, 0.2) is 36.6 Å². The number of hydrogen-bond donors (Lipinski definition) is 1. The van der Waals surface area contributed by atoms with Gasteiger partial charge in [-0.25, -0.2) is 0 Å². The Labute approximate surface area is 510 Å². The van der Waals surface area contributed by atoms with Crippen LogP contribution in [0.3, 0.4) is 0 Å². The van der Waals surface area contributed by atoms with Gasteiger partial charge in [0.2, 0.25) is 13.6 Å². The third-order valence-electron chi connectivity index (χ3n) is 19.5. The molecule has 87 heavy (non-hydrogen) atoms. The molecule has 0 saturated carbocycles. The number of methoxy groups -OCH3 is 2. The molecular weight excluding hydrogens is 1110 g/mol. The highest BCUT2D eigenvalue weighted by Crippen LogP contribution is 2.60. The minimum atomic E-state index is -0.513. The van der Waals surface area contributed by atoms with Crippen molar-refractivity contribution in [1.82, 2.24) is 19.6 Å². The van der Waals surface area contributed by atoms with Crippen molar-refractivity contribution in [2.45, 2.75) is 167 Å². The second-order valence-corrected chi connectivity index (χ2v) is 24.2. The molecule has 4 aromatic rings. The number of nitrogens with zero attached hydrogens (tertiary/aromatic N) is 6. The molecule has 2 saturated heterocycles. The van der Waals surface area contributed by atoms with Crippen LogP contribution in [0.2, 0.25) is 0 Å². The molecule has 0 spiro atoms. The van der Waals surface area contributed by atoms with Gasteiger partial charge in [-0.05, 0) is 128 Å². The standard InChI is InChI=1S/C35H43N3O7.C32H39N3O7/c1-8-10-28(39)42-16-27-30-23(32(41-11-9-2)21(5)34-35(30)45-18-44-34)14-25-31-29-22(12-19(3)20(4)33(29)43-17-40-7)13-24(37(31)6)26(15-36)38(25)27;1-7-8-25(36)39-13-24-27-20(29(37)18(4)31-32(27)42-15-41-31)11-22-28-26-19(9-16(2)17(3)30(26)40-14-38-6)10-21(34(28)5)23(12-33)35(22)24/h9,12,24-27,31H,2,8,10-11,13-14,16-18H2,1,3-7H3;9,21-24,28,37H,7-8,10-11,13-15H2,1-6H3/t24-,25?,26-,27-,31-;21-,22?,23-,24-,28-/m00/s1. The average molecular weight is 1200 g/mol. The Balaban J connectivity index is 0.000000181. The van der Waals surface area contributed by atoms with Crippen LogP contribution in [0.4, 0.5) is 0 Å². The van der Waals surface area contributed by atoms with Gasteiger partial charge in [0.05, 0.1) is 36.3 Å². The first kappa shape index (κ1) is 61.4. The Morgan fingerprint density at radius 3 is 1.48 bits per heavy atom. The first-order valence-corrected chi connectivity index (χ1v) is 30.4. The number of nitriles is 2. The van der Waals surface area contributed by atoms with Crippen molar-refractivity contribution in [2.24, 2.45) is 0 Å². The normalized spacial score (nSPS) is 25.1. The minimum absolute atomic E-state index is 0.0365. The Kier molecular flexibility index (Phi) is 17.7. The lowest BCUT2D eigenvalue weighted by Crippen LogP contribution is -2.68. The second-order valence-electron chi connectivity index (χ2n) is 24.2. The van der Waals surface area contributed by atoms with Crippen molar-refractivity contribution in [1.29, 1.82) is 10.5 Å². The first-order valence-electron chi connectivity index (χ1n) is 30.4. The number of hydrogen-bond acceptors (Lipinski definition) is 20. The van der Waals surface area contributed by atoms with E-state index < -0.39 is 24.2 Å². The average Bonchev–Trinajstić information content (AvgIpc) is 1.30. The number of phenolic OH excluding ortho intramolecular Hbond substituents is 1. The number of benzene rings is 4. The number of carbonyl (C=O) groups excluding carboxylic acids is 2. The molecule has 2 unspecified atom stereocenters.